The van der Waals surface area contributed by atoms with E-state index in [0.717, 1.165) is 47.7 Å². The van der Waals surface area contributed by atoms with Crippen LogP contribution >= 0.6 is 0 Å². The normalized spacial score (nSPS) is 19.8. The van der Waals surface area contributed by atoms with Crippen molar-refractivity contribution in [3.05, 3.63) is 83.9 Å². The number of nitrogens with zero attached hydrogens (tertiary/aromatic N) is 1. The lowest BCUT2D eigenvalue weighted by atomic mass is 10.00. The van der Waals surface area contributed by atoms with Gasteiger partial charge in [-0.2, -0.15) is 0 Å². The van der Waals surface area contributed by atoms with Gasteiger partial charge in [-0.1, -0.05) is 72.8 Å². The fraction of sp³-hybridized carbons (Fsp3) is 0.394. The molecule has 3 aromatic rings. The van der Waals surface area contributed by atoms with Gasteiger partial charge < -0.3 is 26.0 Å². The Morgan fingerprint density at radius 3 is 2.36 bits per heavy atom. The predicted octanol–water partition coefficient (Wildman–Crippen LogP) is 2.81. The standard InChI is InChI=1S/C33H38N4O5/c38-30(36-28(33(41)42)20-23-14-15-24-10-4-5-11-25(24)18-23)21-26(19-22-8-2-1-3-9-22)35-31(39)29-13-7-17-37(29)32(40)27-12-6-16-34-27/h1-5,8-11,14-15,18,26-29,34H,6-7,12-13,16-17,19-21H2,(H,35,39)(H,36,38)(H,41,42)/t26-,27-,28-,29-/m0/s1. The van der Waals surface area contributed by atoms with Crippen LogP contribution in [-0.2, 0) is 32.0 Å². The van der Waals surface area contributed by atoms with Gasteiger partial charge in [0.25, 0.3) is 0 Å². The van der Waals surface area contributed by atoms with Gasteiger partial charge in [-0.3, -0.25) is 14.4 Å². The summed E-state index contributed by atoms with van der Waals surface area (Å²) in [5, 5.41) is 20.9. The number of nitrogens with one attached hydrogen (secondary N) is 3. The van der Waals surface area contributed by atoms with Crippen LogP contribution in [0.25, 0.3) is 10.8 Å². The van der Waals surface area contributed by atoms with Gasteiger partial charge in [0.2, 0.25) is 17.7 Å². The summed E-state index contributed by atoms with van der Waals surface area (Å²) < 4.78 is 0. The van der Waals surface area contributed by atoms with Gasteiger partial charge >= 0.3 is 5.97 Å². The highest BCUT2D eigenvalue weighted by molar-refractivity contribution is 5.91. The molecule has 2 aliphatic rings. The zero-order valence-corrected chi connectivity index (χ0v) is 23.6. The molecule has 4 atom stereocenters. The number of amides is 3. The second kappa shape index (κ2) is 13.6. The monoisotopic (exact) mass is 570 g/mol. The van der Waals surface area contributed by atoms with E-state index in [-0.39, 0.29) is 30.7 Å². The molecular formula is C33H38N4O5. The molecule has 0 aromatic heterocycles. The van der Waals surface area contributed by atoms with E-state index in [1.54, 1.807) is 4.90 Å². The summed E-state index contributed by atoms with van der Waals surface area (Å²) in [6, 6.07) is 20.6. The smallest absolute Gasteiger partial charge is 0.326 e. The minimum absolute atomic E-state index is 0.0412. The van der Waals surface area contributed by atoms with E-state index in [1.165, 1.54) is 0 Å². The summed E-state index contributed by atoms with van der Waals surface area (Å²) in [5.41, 5.74) is 1.74. The molecule has 2 aliphatic heterocycles. The van der Waals surface area contributed by atoms with Gasteiger partial charge in [-0.15, -0.1) is 0 Å². The number of carbonyl (C=O) groups is 4. The summed E-state index contributed by atoms with van der Waals surface area (Å²) in [7, 11) is 0. The van der Waals surface area contributed by atoms with Crippen LogP contribution in [0, 0.1) is 0 Å². The van der Waals surface area contributed by atoms with Crippen molar-refractivity contribution in [2.45, 2.75) is 69.1 Å². The van der Waals surface area contributed by atoms with Gasteiger partial charge in [-0.05, 0) is 60.5 Å². The number of hydrogen-bond donors (Lipinski definition) is 4. The van der Waals surface area contributed by atoms with Crippen LogP contribution in [0.3, 0.4) is 0 Å². The Hall–Kier alpha value is -4.24. The maximum Gasteiger partial charge on any atom is 0.326 e. The molecule has 9 heteroatoms. The van der Waals surface area contributed by atoms with Crippen LogP contribution in [0.15, 0.2) is 72.8 Å². The molecule has 0 radical (unpaired) electrons. The molecule has 2 heterocycles. The van der Waals surface area contributed by atoms with Crippen molar-refractivity contribution >= 4 is 34.5 Å². The first kappa shape index (κ1) is 29.3. The van der Waals surface area contributed by atoms with Gasteiger partial charge in [0, 0.05) is 25.4 Å². The van der Waals surface area contributed by atoms with Crippen molar-refractivity contribution in [3.8, 4) is 0 Å². The molecule has 42 heavy (non-hydrogen) atoms. The average molecular weight is 571 g/mol. The number of hydrogen-bond acceptors (Lipinski definition) is 5. The van der Waals surface area contributed by atoms with E-state index in [0.29, 0.717) is 19.4 Å². The highest BCUT2D eigenvalue weighted by Crippen LogP contribution is 2.22. The molecule has 220 valence electrons. The van der Waals surface area contributed by atoms with Crippen LogP contribution < -0.4 is 16.0 Å². The van der Waals surface area contributed by atoms with E-state index < -0.39 is 30.0 Å². The third-order valence-electron chi connectivity index (χ3n) is 8.19. The molecular weight excluding hydrogens is 532 g/mol. The molecule has 0 bridgehead atoms. The summed E-state index contributed by atoms with van der Waals surface area (Å²) >= 11 is 0. The van der Waals surface area contributed by atoms with Crippen LogP contribution in [0.4, 0.5) is 0 Å². The average Bonchev–Trinajstić information content (AvgIpc) is 3.70. The highest BCUT2D eigenvalue weighted by atomic mass is 16.4. The van der Waals surface area contributed by atoms with E-state index in [1.807, 2.05) is 72.8 Å². The number of aliphatic carboxylic acids is 1. The number of benzene rings is 3. The first-order chi connectivity index (χ1) is 20.4. The van der Waals surface area contributed by atoms with Crippen LogP contribution in [-0.4, -0.2) is 71.0 Å². The predicted molar refractivity (Wildman–Crippen MR) is 160 cm³/mol. The molecule has 2 fully saturated rings. The minimum Gasteiger partial charge on any atom is -0.480 e. The number of carboxylic acid groups (broad SMARTS) is 1. The minimum atomic E-state index is -1.12. The number of likely N-dealkylation sites (tertiary alicyclic amines) is 1. The van der Waals surface area contributed by atoms with E-state index >= 15 is 0 Å². The first-order valence-electron chi connectivity index (χ1n) is 14.8. The van der Waals surface area contributed by atoms with E-state index in [2.05, 4.69) is 16.0 Å². The molecule has 9 nitrogen and oxygen atoms in total. The molecule has 0 unspecified atom stereocenters. The van der Waals surface area contributed by atoms with Crippen molar-refractivity contribution < 1.29 is 24.3 Å². The SMILES string of the molecule is O=C(C[C@H](Cc1ccccc1)NC(=O)[C@@H]1CCCN1C(=O)[C@@H]1CCCN1)N[C@@H](Cc1ccc2ccccc2c1)C(=O)O. The van der Waals surface area contributed by atoms with Crippen molar-refractivity contribution in [1.29, 1.82) is 0 Å². The van der Waals surface area contributed by atoms with Crippen LogP contribution in [0.5, 0.6) is 0 Å². The maximum absolute atomic E-state index is 13.5. The van der Waals surface area contributed by atoms with Gasteiger partial charge in [0.05, 0.1) is 6.04 Å². The zero-order chi connectivity index (χ0) is 29.5. The lowest BCUT2D eigenvalue weighted by Gasteiger charge is -2.28. The molecule has 3 amide bonds. The number of carboxylic acids is 1. The van der Waals surface area contributed by atoms with Gasteiger partial charge in [-0.25, -0.2) is 4.79 Å². The third-order valence-corrected chi connectivity index (χ3v) is 8.19. The number of carbonyl (C=O) groups excluding carboxylic acids is 3. The van der Waals surface area contributed by atoms with Gasteiger partial charge in [0.1, 0.15) is 12.1 Å². The Morgan fingerprint density at radius 2 is 1.62 bits per heavy atom. The van der Waals surface area contributed by atoms with Crippen molar-refractivity contribution in [1.82, 2.24) is 20.9 Å². The third kappa shape index (κ3) is 7.33. The molecule has 2 saturated heterocycles. The molecule has 3 aromatic carbocycles. The molecule has 0 spiro atoms. The Balaban J connectivity index is 1.25. The van der Waals surface area contributed by atoms with Crippen LogP contribution in [0.2, 0.25) is 0 Å². The van der Waals surface area contributed by atoms with Crippen molar-refractivity contribution in [2.75, 3.05) is 13.1 Å². The van der Waals surface area contributed by atoms with Crippen molar-refractivity contribution in [3.63, 3.8) is 0 Å². The Bertz CT molecular complexity index is 1420. The summed E-state index contributed by atoms with van der Waals surface area (Å²) in [5.74, 6) is -1.90. The summed E-state index contributed by atoms with van der Waals surface area (Å²) in [4.78, 5) is 53.6. The topological polar surface area (TPSA) is 128 Å². The second-order valence-electron chi connectivity index (χ2n) is 11.3. The maximum atomic E-state index is 13.5. The zero-order valence-electron chi connectivity index (χ0n) is 23.6. The molecule has 4 N–H and O–H groups in total. The fourth-order valence-electron chi connectivity index (χ4n) is 6.05. The highest BCUT2D eigenvalue weighted by Gasteiger charge is 2.38. The Morgan fingerprint density at radius 1 is 0.857 bits per heavy atom. The Kier molecular flexibility index (Phi) is 9.48. The molecule has 0 saturated carbocycles. The van der Waals surface area contributed by atoms with Gasteiger partial charge in [0.15, 0.2) is 0 Å². The lowest BCUT2D eigenvalue weighted by Crippen LogP contribution is -2.53. The van der Waals surface area contributed by atoms with Crippen LogP contribution in [0.1, 0.15) is 43.2 Å². The van der Waals surface area contributed by atoms with Crippen molar-refractivity contribution in [2.24, 2.45) is 0 Å². The molecule has 0 aliphatic carbocycles. The lowest BCUT2D eigenvalue weighted by molar-refractivity contribution is -0.142. The number of rotatable bonds is 11. The molecule has 5 rings (SSSR count). The second-order valence-corrected chi connectivity index (χ2v) is 11.3. The fourth-order valence-corrected chi connectivity index (χ4v) is 6.05. The van der Waals surface area contributed by atoms with E-state index in [9.17, 15) is 24.3 Å². The Labute approximate surface area is 245 Å². The quantitative estimate of drug-likeness (QED) is 0.281. The summed E-state index contributed by atoms with van der Waals surface area (Å²) in [6.07, 6.45) is 3.46. The number of fused-ring (bicyclic) bond motifs is 1. The van der Waals surface area contributed by atoms with E-state index in [4.69, 9.17) is 0 Å². The first-order valence-corrected chi connectivity index (χ1v) is 14.8. The summed E-state index contributed by atoms with van der Waals surface area (Å²) in [6.45, 7) is 1.33. The largest absolute Gasteiger partial charge is 0.480 e.